The molecule has 0 atom stereocenters. The number of hydrogen-bond donors (Lipinski definition) is 0. The van der Waals surface area contributed by atoms with Gasteiger partial charge in [0.1, 0.15) is 5.56 Å². The van der Waals surface area contributed by atoms with Crippen molar-refractivity contribution in [2.24, 2.45) is 12.0 Å². The Kier molecular flexibility index (Phi) is 4.02. The van der Waals surface area contributed by atoms with Crippen molar-refractivity contribution in [3.05, 3.63) is 53.0 Å². The van der Waals surface area contributed by atoms with Crippen molar-refractivity contribution in [2.75, 3.05) is 6.61 Å². The minimum atomic E-state index is -0.348. The van der Waals surface area contributed by atoms with Gasteiger partial charge in [-0.1, -0.05) is 23.5 Å². The summed E-state index contributed by atoms with van der Waals surface area (Å²) in [5.41, 5.74) is 1.43. The molecule has 0 N–H and O–H groups in total. The van der Waals surface area contributed by atoms with Crippen LogP contribution in [-0.2, 0) is 7.05 Å². The minimum absolute atomic E-state index is 0.322. The number of pyridine rings is 1. The Morgan fingerprint density at radius 1 is 1.32 bits per heavy atom. The predicted molar refractivity (Wildman–Crippen MR) is 86.1 cm³/mol. The maximum atomic E-state index is 12.4. The highest BCUT2D eigenvalue weighted by molar-refractivity contribution is 7.16. The molecule has 0 aliphatic rings. The Morgan fingerprint density at radius 2 is 2.14 bits per heavy atom. The number of amides is 1. The van der Waals surface area contributed by atoms with Crippen LogP contribution >= 0.6 is 11.3 Å². The molecule has 0 aliphatic heterocycles. The third-order valence-electron chi connectivity index (χ3n) is 3.19. The lowest BCUT2D eigenvalue weighted by molar-refractivity contribution is 0.0993. The van der Waals surface area contributed by atoms with E-state index in [0.29, 0.717) is 22.9 Å². The maximum absolute atomic E-state index is 12.4. The highest BCUT2D eigenvalue weighted by Gasteiger charge is 2.13. The Bertz CT molecular complexity index is 896. The zero-order valence-electron chi connectivity index (χ0n) is 12.3. The molecule has 0 bridgehead atoms. The SMILES string of the molecule is CCOc1ncccc1C(=O)N=c1sc2ccccc2n1C. The summed E-state index contributed by atoms with van der Waals surface area (Å²) in [7, 11) is 1.90. The lowest BCUT2D eigenvalue weighted by Gasteiger charge is -2.04. The van der Waals surface area contributed by atoms with E-state index in [9.17, 15) is 4.79 Å². The summed E-state index contributed by atoms with van der Waals surface area (Å²) in [6.45, 7) is 2.31. The van der Waals surface area contributed by atoms with E-state index in [1.54, 1.807) is 18.3 Å². The molecule has 0 aliphatic carbocycles. The van der Waals surface area contributed by atoms with Crippen molar-refractivity contribution in [1.82, 2.24) is 9.55 Å². The highest BCUT2D eigenvalue weighted by Crippen LogP contribution is 2.17. The van der Waals surface area contributed by atoms with Crippen LogP contribution in [0.4, 0.5) is 0 Å². The summed E-state index contributed by atoms with van der Waals surface area (Å²) in [5, 5.41) is 0. The number of aromatic nitrogens is 2. The molecule has 0 radical (unpaired) electrons. The summed E-state index contributed by atoms with van der Waals surface area (Å²) in [6.07, 6.45) is 1.60. The fourth-order valence-corrected chi connectivity index (χ4v) is 3.16. The second-order valence-electron chi connectivity index (χ2n) is 4.62. The van der Waals surface area contributed by atoms with Crippen molar-refractivity contribution in [2.45, 2.75) is 6.92 Å². The first-order chi connectivity index (χ1) is 10.7. The molecule has 3 aromatic rings. The largest absolute Gasteiger partial charge is 0.477 e. The summed E-state index contributed by atoms with van der Waals surface area (Å²) in [5.74, 6) is -0.0266. The van der Waals surface area contributed by atoms with Gasteiger partial charge in [-0.15, -0.1) is 0 Å². The van der Waals surface area contributed by atoms with Gasteiger partial charge in [-0.25, -0.2) is 4.98 Å². The van der Waals surface area contributed by atoms with Gasteiger partial charge < -0.3 is 9.30 Å². The number of nitrogens with zero attached hydrogens (tertiary/aromatic N) is 3. The van der Waals surface area contributed by atoms with Gasteiger partial charge in [0.15, 0.2) is 4.80 Å². The van der Waals surface area contributed by atoms with E-state index in [-0.39, 0.29) is 5.91 Å². The molecule has 0 spiro atoms. The average Bonchev–Trinajstić information content (AvgIpc) is 2.85. The molecular formula is C16H15N3O2S. The molecule has 22 heavy (non-hydrogen) atoms. The first-order valence-corrected chi connectivity index (χ1v) is 7.73. The molecule has 112 valence electrons. The van der Waals surface area contributed by atoms with E-state index in [2.05, 4.69) is 9.98 Å². The second-order valence-corrected chi connectivity index (χ2v) is 5.63. The monoisotopic (exact) mass is 313 g/mol. The Labute approximate surface area is 131 Å². The van der Waals surface area contributed by atoms with Gasteiger partial charge in [-0.3, -0.25) is 4.79 Å². The molecule has 0 saturated heterocycles. The Balaban J connectivity index is 2.07. The van der Waals surface area contributed by atoms with E-state index in [1.165, 1.54) is 11.3 Å². The number of benzene rings is 1. The Hall–Kier alpha value is -2.47. The molecule has 0 unspecified atom stereocenters. The highest BCUT2D eigenvalue weighted by atomic mass is 32.1. The van der Waals surface area contributed by atoms with Gasteiger partial charge in [0.25, 0.3) is 5.91 Å². The van der Waals surface area contributed by atoms with E-state index in [1.807, 2.05) is 42.8 Å². The van der Waals surface area contributed by atoms with E-state index in [0.717, 1.165) is 10.2 Å². The first kappa shape index (κ1) is 14.5. The van der Waals surface area contributed by atoms with Gasteiger partial charge in [-0.05, 0) is 31.2 Å². The van der Waals surface area contributed by atoms with Crippen LogP contribution in [0.3, 0.4) is 0 Å². The molecule has 1 aromatic carbocycles. The van der Waals surface area contributed by atoms with Crippen LogP contribution in [0.15, 0.2) is 47.6 Å². The van der Waals surface area contributed by atoms with E-state index in [4.69, 9.17) is 4.74 Å². The zero-order valence-corrected chi connectivity index (χ0v) is 13.1. The fraction of sp³-hybridized carbons (Fsp3) is 0.188. The molecular weight excluding hydrogens is 298 g/mol. The summed E-state index contributed by atoms with van der Waals surface area (Å²) in [4.78, 5) is 21.4. The van der Waals surface area contributed by atoms with Gasteiger partial charge >= 0.3 is 0 Å². The lowest BCUT2D eigenvalue weighted by atomic mass is 10.2. The van der Waals surface area contributed by atoms with Crippen LogP contribution in [0, 0.1) is 0 Å². The van der Waals surface area contributed by atoms with Crippen LogP contribution < -0.4 is 9.54 Å². The lowest BCUT2D eigenvalue weighted by Crippen LogP contribution is -2.14. The van der Waals surface area contributed by atoms with E-state index >= 15 is 0 Å². The topological polar surface area (TPSA) is 56.5 Å². The van der Waals surface area contributed by atoms with Gasteiger partial charge in [0, 0.05) is 13.2 Å². The average molecular weight is 313 g/mol. The number of thiazole rings is 1. The predicted octanol–water partition coefficient (Wildman–Crippen LogP) is 2.77. The normalized spacial score (nSPS) is 11.8. The van der Waals surface area contributed by atoms with Gasteiger partial charge in [0.2, 0.25) is 5.88 Å². The van der Waals surface area contributed by atoms with Crippen LogP contribution in [0.25, 0.3) is 10.2 Å². The molecule has 0 fully saturated rings. The standard InChI is InChI=1S/C16H15N3O2S/c1-3-21-15-11(7-6-10-17-15)14(20)18-16-19(2)12-8-4-5-9-13(12)22-16/h4-10H,3H2,1-2H3. The molecule has 3 rings (SSSR count). The maximum Gasteiger partial charge on any atom is 0.285 e. The quantitative estimate of drug-likeness (QED) is 0.747. The van der Waals surface area contributed by atoms with Crippen LogP contribution in [0.2, 0.25) is 0 Å². The molecule has 0 saturated carbocycles. The number of carbonyl (C=O) groups excluding carboxylic acids is 1. The third kappa shape index (κ3) is 2.65. The number of ether oxygens (including phenoxy) is 1. The number of rotatable bonds is 3. The minimum Gasteiger partial charge on any atom is -0.477 e. The van der Waals surface area contributed by atoms with Crippen LogP contribution in [-0.4, -0.2) is 22.1 Å². The van der Waals surface area contributed by atoms with Crippen LogP contribution in [0.5, 0.6) is 5.88 Å². The smallest absolute Gasteiger partial charge is 0.285 e. The van der Waals surface area contributed by atoms with Crippen molar-refractivity contribution >= 4 is 27.5 Å². The van der Waals surface area contributed by atoms with Crippen LogP contribution in [0.1, 0.15) is 17.3 Å². The number of hydrogen-bond acceptors (Lipinski definition) is 4. The number of para-hydroxylation sites is 1. The summed E-state index contributed by atoms with van der Waals surface area (Å²) in [6, 6.07) is 11.3. The number of fused-ring (bicyclic) bond motifs is 1. The third-order valence-corrected chi connectivity index (χ3v) is 4.31. The zero-order chi connectivity index (χ0) is 15.5. The summed E-state index contributed by atoms with van der Waals surface area (Å²) < 4.78 is 8.39. The molecule has 2 aromatic heterocycles. The van der Waals surface area contributed by atoms with Crippen molar-refractivity contribution < 1.29 is 9.53 Å². The number of aryl methyl sites for hydroxylation is 1. The Morgan fingerprint density at radius 3 is 2.91 bits per heavy atom. The molecule has 2 heterocycles. The van der Waals surface area contributed by atoms with Crippen molar-refractivity contribution in [1.29, 1.82) is 0 Å². The molecule has 1 amide bonds. The second kappa shape index (κ2) is 6.11. The van der Waals surface area contributed by atoms with Crippen molar-refractivity contribution in [3.63, 3.8) is 0 Å². The van der Waals surface area contributed by atoms with E-state index < -0.39 is 0 Å². The molecule has 6 heteroatoms. The first-order valence-electron chi connectivity index (χ1n) is 6.92. The van der Waals surface area contributed by atoms with Gasteiger partial charge in [0.05, 0.1) is 16.8 Å². The number of carbonyl (C=O) groups is 1. The van der Waals surface area contributed by atoms with Crippen molar-refractivity contribution in [3.8, 4) is 5.88 Å². The van der Waals surface area contributed by atoms with Gasteiger partial charge in [-0.2, -0.15) is 4.99 Å². The molecule has 5 nitrogen and oxygen atoms in total. The fourth-order valence-electron chi connectivity index (χ4n) is 2.14. The summed E-state index contributed by atoms with van der Waals surface area (Å²) >= 11 is 1.48.